The minimum Gasteiger partial charge on any atom is -0.361 e. The predicted molar refractivity (Wildman–Crippen MR) is 127 cm³/mol. The van der Waals surface area contributed by atoms with Gasteiger partial charge in [-0.2, -0.15) is 5.10 Å². The van der Waals surface area contributed by atoms with E-state index in [0.29, 0.717) is 0 Å². The van der Waals surface area contributed by atoms with Gasteiger partial charge in [-0.3, -0.25) is 19.2 Å². The van der Waals surface area contributed by atoms with Gasteiger partial charge in [-0.05, 0) is 78.4 Å². The normalized spacial score (nSPS) is 7.09. The highest BCUT2D eigenvalue weighted by Gasteiger charge is 2.06. The molecule has 9 heteroatoms. The average Bonchev–Trinajstić information content (AvgIpc) is 3.42. The summed E-state index contributed by atoms with van der Waals surface area (Å²) in [6.07, 6.45) is 5.76. The van der Waals surface area contributed by atoms with Crippen LogP contribution in [-0.2, 0) is 0 Å². The zero-order valence-corrected chi connectivity index (χ0v) is 17.7. The maximum Gasteiger partial charge on any atom is 0.0887 e. The minimum atomic E-state index is 0. The number of halogens is 3. The van der Waals surface area contributed by atoms with E-state index in [0.717, 1.165) is 5.56 Å². The molecule has 2 aromatic heterocycles. The maximum atomic E-state index is 7.92. The van der Waals surface area contributed by atoms with E-state index in [4.69, 9.17) is 5.53 Å². The van der Waals surface area contributed by atoms with E-state index >= 15 is 0 Å². The van der Waals surface area contributed by atoms with Crippen LogP contribution in [0.1, 0.15) is 12.5 Å². The van der Waals surface area contributed by atoms with Gasteiger partial charge in [0.15, 0.2) is 0 Å². The number of hydrogen-bond acceptors (Lipinski definition) is 2. The van der Waals surface area contributed by atoms with Gasteiger partial charge in [0.25, 0.3) is 0 Å². The first-order valence-electron chi connectivity index (χ1n) is 8.73. The number of aromatic nitrogens is 3. The smallest absolute Gasteiger partial charge is 0.0887 e. The topological polar surface area (TPSA) is 93.2 Å². The molecule has 33 heavy (non-hydrogen) atoms. The van der Waals surface area contributed by atoms with E-state index in [1.807, 2.05) is 18.6 Å². The van der Waals surface area contributed by atoms with Gasteiger partial charge in [-0.15, -0.1) is 0 Å². The summed E-state index contributed by atoms with van der Waals surface area (Å²) in [5.74, 6) is 25.0. The molecular formula is C24H19F3N6. The summed E-state index contributed by atoms with van der Waals surface area (Å²) in [7, 11) is 0. The van der Waals surface area contributed by atoms with Crippen LogP contribution in [0.15, 0.2) is 41.9 Å². The molecule has 3 rings (SSSR count). The van der Waals surface area contributed by atoms with Crippen molar-refractivity contribution in [1.29, 1.82) is 0 Å². The third-order valence-corrected chi connectivity index (χ3v) is 3.51. The molecule has 0 atom stereocenters. The lowest BCUT2D eigenvalue weighted by atomic mass is 10.1. The summed E-state index contributed by atoms with van der Waals surface area (Å²) in [4.78, 5) is 5.80. The average molecular weight is 448 g/mol. The summed E-state index contributed by atoms with van der Waals surface area (Å²) in [5.41, 5.74) is 12.7. The number of hydrogen-bond donors (Lipinski definition) is 2. The predicted octanol–water partition coefficient (Wildman–Crippen LogP) is 4.66. The van der Waals surface area contributed by atoms with Crippen LogP contribution in [-0.4, -0.2) is 21.7 Å². The fraction of sp³-hybridized carbons (Fsp3) is 0.125. The largest absolute Gasteiger partial charge is 0.361 e. The summed E-state index contributed by atoms with van der Waals surface area (Å²) in [6, 6.07) is 6.42. The molecule has 0 fully saturated rings. The Balaban J connectivity index is 0. The van der Waals surface area contributed by atoms with E-state index in [2.05, 4.69) is 110 Å². The maximum absolute atomic E-state index is 7.92. The van der Waals surface area contributed by atoms with Crippen LogP contribution in [0.5, 0.6) is 0 Å². The number of fused-ring (bicyclic) bond motifs is 1. The zero-order chi connectivity index (χ0) is 21.4. The zero-order valence-electron chi connectivity index (χ0n) is 17.7. The number of aryl methyl sites for hydroxylation is 1. The lowest BCUT2D eigenvalue weighted by Gasteiger charge is -1.95. The number of nitrogens with zero attached hydrogens (tertiary/aromatic N) is 4. The molecule has 0 bridgehead atoms. The highest BCUT2D eigenvalue weighted by atomic mass is 19.0. The van der Waals surface area contributed by atoms with Gasteiger partial charge in [0.05, 0.1) is 12.7 Å². The van der Waals surface area contributed by atoms with E-state index in [1.54, 1.807) is 6.92 Å². The third-order valence-electron chi connectivity index (χ3n) is 3.51. The van der Waals surface area contributed by atoms with Crippen molar-refractivity contribution in [3.63, 3.8) is 0 Å². The third kappa shape index (κ3) is 10.5. The molecule has 1 aromatic carbocycles. The molecule has 0 spiro atoms. The van der Waals surface area contributed by atoms with Crippen LogP contribution in [0.25, 0.3) is 32.5 Å². The molecule has 0 aliphatic heterocycles. The van der Waals surface area contributed by atoms with Gasteiger partial charge in [-0.25, -0.2) is 0 Å². The summed E-state index contributed by atoms with van der Waals surface area (Å²) >= 11 is 0. The van der Waals surface area contributed by atoms with E-state index in [1.165, 1.54) is 22.0 Å². The Hall–Kier alpha value is -5.13. The minimum absolute atomic E-state index is 0. The number of azide groups is 1. The second-order valence-corrected chi connectivity index (χ2v) is 5.55. The van der Waals surface area contributed by atoms with Crippen molar-refractivity contribution >= 4 is 10.9 Å². The lowest BCUT2D eigenvalue weighted by molar-refractivity contribution is 1.09. The van der Waals surface area contributed by atoms with Gasteiger partial charge >= 0.3 is 0 Å². The van der Waals surface area contributed by atoms with Gasteiger partial charge in [0, 0.05) is 39.3 Å². The number of aromatic amines is 2. The van der Waals surface area contributed by atoms with Crippen LogP contribution in [0.3, 0.4) is 0 Å². The van der Waals surface area contributed by atoms with Crippen molar-refractivity contribution < 1.29 is 14.1 Å². The van der Waals surface area contributed by atoms with Crippen molar-refractivity contribution in [3.8, 4) is 70.3 Å². The number of rotatable bonds is 2. The Labute approximate surface area is 189 Å². The van der Waals surface area contributed by atoms with E-state index in [9.17, 15) is 0 Å². The van der Waals surface area contributed by atoms with Crippen LogP contribution in [0.4, 0.5) is 14.1 Å². The summed E-state index contributed by atoms with van der Waals surface area (Å²) in [6.45, 7) is 3.91. The molecule has 0 radical (unpaired) electrons. The highest BCUT2D eigenvalue weighted by molar-refractivity contribution is 5.95. The second-order valence-electron chi connectivity index (χ2n) is 5.55. The van der Waals surface area contributed by atoms with Crippen molar-refractivity contribution in [2.75, 3.05) is 6.54 Å². The Kier molecular flexibility index (Phi) is 16.1. The van der Waals surface area contributed by atoms with Crippen LogP contribution < -0.4 is 0 Å². The molecule has 2 N–H and O–H groups in total. The molecule has 3 aromatic rings. The monoisotopic (exact) mass is 448 g/mol. The van der Waals surface area contributed by atoms with Crippen molar-refractivity contribution in [3.05, 3.63) is 52.8 Å². The van der Waals surface area contributed by atoms with Crippen molar-refractivity contribution in [2.24, 2.45) is 5.11 Å². The van der Waals surface area contributed by atoms with E-state index < -0.39 is 0 Å². The van der Waals surface area contributed by atoms with Crippen molar-refractivity contribution in [1.82, 2.24) is 15.2 Å². The standard InChI is InChI=1S/C12H11N3.C12H5N3.3FH/c1-8-2-3-10-11(7-13-12(10)4-8)9-5-14-15-6-9;1-2-3-4-5-6-7-8-9-10-11-12-14-15-13;;;/h2-7,13H,1H3,(H,14,15);12H2,1H3;3*1H. The molecule has 0 aliphatic rings. The molecule has 2 heterocycles. The molecule has 0 unspecified atom stereocenters. The number of H-pyrrole nitrogens is 2. The molecule has 0 amide bonds. The Morgan fingerprint density at radius 1 is 0.970 bits per heavy atom. The van der Waals surface area contributed by atoms with Gasteiger partial charge in [-0.1, -0.05) is 29.1 Å². The Morgan fingerprint density at radius 2 is 1.64 bits per heavy atom. The molecule has 0 saturated carbocycles. The van der Waals surface area contributed by atoms with Crippen LogP contribution in [0, 0.1) is 66.1 Å². The SMILES string of the molecule is CC#CC#CC#CC#CC#CCN=[N+]=[N-].Cc1ccc2c(-c3cn[nH]c3)c[nH]c2c1.F.F.F. The van der Waals surface area contributed by atoms with E-state index in [-0.39, 0.29) is 20.7 Å². The molecular weight excluding hydrogens is 429 g/mol. The van der Waals surface area contributed by atoms with Gasteiger partial charge < -0.3 is 4.98 Å². The van der Waals surface area contributed by atoms with Gasteiger partial charge in [0.2, 0.25) is 0 Å². The molecule has 0 aliphatic carbocycles. The van der Waals surface area contributed by atoms with Gasteiger partial charge in [0.1, 0.15) is 0 Å². The summed E-state index contributed by atoms with van der Waals surface area (Å²) < 4.78 is 0. The lowest BCUT2D eigenvalue weighted by Crippen LogP contribution is -1.73. The quantitative estimate of drug-likeness (QED) is 0.254. The van der Waals surface area contributed by atoms with Crippen LogP contribution >= 0.6 is 0 Å². The van der Waals surface area contributed by atoms with Crippen LogP contribution in [0.2, 0.25) is 0 Å². The summed E-state index contributed by atoms with van der Waals surface area (Å²) in [5, 5.41) is 11.2. The molecule has 0 saturated heterocycles. The van der Waals surface area contributed by atoms with Crippen molar-refractivity contribution in [2.45, 2.75) is 13.8 Å². The Morgan fingerprint density at radius 3 is 2.24 bits per heavy atom. The fourth-order valence-corrected chi connectivity index (χ4v) is 2.28. The second kappa shape index (κ2) is 17.7. The highest BCUT2D eigenvalue weighted by Crippen LogP contribution is 2.28. The first-order valence-corrected chi connectivity index (χ1v) is 8.73. The number of benzene rings is 1. The Bertz CT molecular complexity index is 1370. The first-order chi connectivity index (χ1) is 14.8. The number of nitrogens with one attached hydrogen (secondary N) is 2. The first kappa shape index (κ1) is 30.1. The fourth-order valence-electron chi connectivity index (χ4n) is 2.28. The molecule has 166 valence electrons. The molecule has 6 nitrogen and oxygen atoms in total.